The van der Waals surface area contributed by atoms with Gasteiger partial charge in [0.05, 0.1) is 0 Å². The number of rotatable bonds is 3. The average Bonchev–Trinajstić information content (AvgIpc) is 2.63. The van der Waals surface area contributed by atoms with E-state index in [-0.39, 0.29) is 0 Å². The summed E-state index contributed by atoms with van der Waals surface area (Å²) in [5.41, 5.74) is 7.87. The summed E-state index contributed by atoms with van der Waals surface area (Å²) in [4.78, 5) is 0. The van der Waals surface area contributed by atoms with E-state index in [0.29, 0.717) is 0 Å². The largest absolute Gasteiger partial charge is 0.355 e. The lowest BCUT2D eigenvalue weighted by Crippen LogP contribution is -2.03. The van der Waals surface area contributed by atoms with Gasteiger partial charge in [-0.2, -0.15) is 0 Å². The van der Waals surface area contributed by atoms with Crippen molar-refractivity contribution in [2.75, 3.05) is 5.32 Å². The van der Waals surface area contributed by atoms with Gasteiger partial charge in [-0.1, -0.05) is 54.6 Å². The fourth-order valence-corrected chi connectivity index (χ4v) is 3.43. The lowest BCUT2D eigenvalue weighted by atomic mass is 9.91. The van der Waals surface area contributed by atoms with Crippen LogP contribution >= 0.6 is 0 Å². The Balaban J connectivity index is 1.67. The minimum Gasteiger partial charge on any atom is -0.355 e. The van der Waals surface area contributed by atoms with Crippen LogP contribution < -0.4 is 5.32 Å². The van der Waals surface area contributed by atoms with Crippen LogP contribution in [0.25, 0.3) is 11.1 Å². The van der Waals surface area contributed by atoms with Crippen LogP contribution in [-0.2, 0) is 12.8 Å². The molecule has 0 atom stereocenters. The molecule has 114 valence electrons. The smallest absolute Gasteiger partial charge is 0.0463 e. The molecule has 0 unspecified atom stereocenters. The molecule has 0 bridgehead atoms. The van der Waals surface area contributed by atoms with Gasteiger partial charge >= 0.3 is 0 Å². The molecule has 0 aliphatic heterocycles. The van der Waals surface area contributed by atoms with Gasteiger partial charge in [0.15, 0.2) is 0 Å². The number of nitrogens with one attached hydrogen (secondary N) is 1. The van der Waals surface area contributed by atoms with Gasteiger partial charge < -0.3 is 5.32 Å². The quantitative estimate of drug-likeness (QED) is 0.627. The molecule has 0 amide bonds. The Bertz CT molecular complexity index is 805. The summed E-state index contributed by atoms with van der Waals surface area (Å²) in [5, 5.41) is 3.62. The molecule has 0 spiro atoms. The van der Waals surface area contributed by atoms with Crippen molar-refractivity contribution in [3.63, 3.8) is 0 Å². The predicted octanol–water partition coefficient (Wildman–Crippen LogP) is 5.98. The van der Waals surface area contributed by atoms with Crippen molar-refractivity contribution in [1.29, 1.82) is 0 Å². The molecular formula is C22H21N. The Morgan fingerprint density at radius 3 is 2.26 bits per heavy atom. The molecule has 3 aromatic carbocycles. The summed E-state index contributed by atoms with van der Waals surface area (Å²) in [7, 11) is 0. The molecule has 1 N–H and O–H groups in total. The molecular weight excluding hydrogens is 278 g/mol. The molecule has 4 rings (SSSR count). The predicted molar refractivity (Wildman–Crippen MR) is 98.2 cm³/mol. The van der Waals surface area contributed by atoms with E-state index >= 15 is 0 Å². The summed E-state index contributed by atoms with van der Waals surface area (Å²) >= 11 is 0. The molecule has 1 nitrogen and oxygen atoms in total. The monoisotopic (exact) mass is 299 g/mol. The third-order valence-corrected chi connectivity index (χ3v) is 4.64. The van der Waals surface area contributed by atoms with Gasteiger partial charge in [0.2, 0.25) is 0 Å². The number of aryl methyl sites for hydroxylation is 2. The Hall–Kier alpha value is -2.54. The molecule has 0 saturated carbocycles. The number of fused-ring (bicyclic) bond motifs is 1. The SMILES string of the molecule is c1ccc(-c2ccccc2Nc2ccc3c(c2)CCCC3)cc1. The lowest BCUT2D eigenvalue weighted by molar-refractivity contribution is 0.686. The molecule has 3 aromatic rings. The van der Waals surface area contributed by atoms with Crippen molar-refractivity contribution in [1.82, 2.24) is 0 Å². The van der Waals surface area contributed by atoms with E-state index in [0.717, 1.165) is 5.69 Å². The Labute approximate surface area is 138 Å². The first-order chi connectivity index (χ1) is 11.4. The number of hydrogen-bond donors (Lipinski definition) is 1. The van der Waals surface area contributed by atoms with Crippen molar-refractivity contribution in [2.24, 2.45) is 0 Å². The van der Waals surface area contributed by atoms with E-state index in [4.69, 9.17) is 0 Å². The minimum absolute atomic E-state index is 1.16. The maximum atomic E-state index is 3.62. The van der Waals surface area contributed by atoms with Crippen LogP contribution in [-0.4, -0.2) is 0 Å². The van der Waals surface area contributed by atoms with Crippen molar-refractivity contribution >= 4 is 11.4 Å². The Kier molecular flexibility index (Phi) is 3.85. The fraction of sp³-hybridized carbons (Fsp3) is 0.182. The Morgan fingerprint density at radius 1 is 0.652 bits per heavy atom. The van der Waals surface area contributed by atoms with Crippen molar-refractivity contribution in [3.05, 3.63) is 83.9 Å². The second-order valence-corrected chi connectivity index (χ2v) is 6.23. The number of anilines is 2. The zero-order valence-corrected chi connectivity index (χ0v) is 13.3. The van der Waals surface area contributed by atoms with Gasteiger partial charge in [-0.15, -0.1) is 0 Å². The molecule has 0 saturated heterocycles. The highest BCUT2D eigenvalue weighted by Crippen LogP contribution is 2.31. The summed E-state index contributed by atoms with van der Waals surface area (Å²) in [5.74, 6) is 0. The van der Waals surface area contributed by atoms with Crippen LogP contribution in [0.4, 0.5) is 11.4 Å². The summed E-state index contributed by atoms with van der Waals surface area (Å²) in [6, 6.07) is 25.9. The summed E-state index contributed by atoms with van der Waals surface area (Å²) in [6.07, 6.45) is 5.09. The number of hydrogen-bond acceptors (Lipinski definition) is 1. The normalized spacial score (nSPS) is 13.4. The van der Waals surface area contributed by atoms with Gasteiger partial charge in [-0.3, -0.25) is 0 Å². The number of benzene rings is 3. The average molecular weight is 299 g/mol. The highest BCUT2D eigenvalue weighted by atomic mass is 14.9. The maximum absolute atomic E-state index is 3.62. The zero-order valence-electron chi connectivity index (χ0n) is 13.3. The standard InChI is InChI=1S/C22H21N/c1-2-9-18(10-3-1)21-12-6-7-13-22(21)23-20-15-14-17-8-4-5-11-19(17)16-20/h1-3,6-7,9-10,12-16,23H,4-5,8,11H2. The summed E-state index contributed by atoms with van der Waals surface area (Å²) < 4.78 is 0. The van der Waals surface area contributed by atoms with Crippen molar-refractivity contribution in [3.8, 4) is 11.1 Å². The molecule has 23 heavy (non-hydrogen) atoms. The second kappa shape index (κ2) is 6.29. The van der Waals surface area contributed by atoms with Crippen molar-refractivity contribution in [2.45, 2.75) is 25.7 Å². The van der Waals surface area contributed by atoms with Gasteiger partial charge in [0, 0.05) is 16.9 Å². The van der Waals surface area contributed by atoms with Crippen LogP contribution in [0.3, 0.4) is 0 Å². The third kappa shape index (κ3) is 3.00. The van der Waals surface area contributed by atoms with Gasteiger partial charge in [0.1, 0.15) is 0 Å². The van der Waals surface area contributed by atoms with E-state index in [9.17, 15) is 0 Å². The van der Waals surface area contributed by atoms with Crippen molar-refractivity contribution < 1.29 is 0 Å². The zero-order chi connectivity index (χ0) is 15.5. The van der Waals surface area contributed by atoms with Gasteiger partial charge in [-0.25, -0.2) is 0 Å². The van der Waals surface area contributed by atoms with E-state index in [1.54, 1.807) is 0 Å². The highest BCUT2D eigenvalue weighted by molar-refractivity contribution is 5.81. The third-order valence-electron chi connectivity index (χ3n) is 4.64. The van der Waals surface area contributed by atoms with Gasteiger partial charge in [-0.05, 0) is 60.6 Å². The summed E-state index contributed by atoms with van der Waals surface area (Å²) in [6.45, 7) is 0. The number of para-hydroxylation sites is 1. The van der Waals surface area contributed by atoms with E-state index in [2.05, 4.69) is 78.1 Å². The lowest BCUT2D eigenvalue weighted by Gasteiger charge is -2.18. The molecule has 1 aliphatic rings. The maximum Gasteiger partial charge on any atom is 0.0463 e. The van der Waals surface area contributed by atoms with Crippen LogP contribution in [0.1, 0.15) is 24.0 Å². The van der Waals surface area contributed by atoms with Crippen LogP contribution in [0.15, 0.2) is 72.8 Å². The van der Waals surface area contributed by atoms with Crippen LogP contribution in [0, 0.1) is 0 Å². The molecule has 0 aromatic heterocycles. The van der Waals surface area contributed by atoms with Crippen LogP contribution in [0.2, 0.25) is 0 Å². The second-order valence-electron chi connectivity index (χ2n) is 6.23. The molecule has 1 heteroatoms. The molecule has 1 aliphatic carbocycles. The first-order valence-electron chi connectivity index (χ1n) is 8.43. The molecule has 0 fully saturated rings. The van der Waals surface area contributed by atoms with E-state index in [1.807, 2.05) is 0 Å². The first kappa shape index (κ1) is 14.1. The first-order valence-corrected chi connectivity index (χ1v) is 8.43. The van der Waals surface area contributed by atoms with E-state index in [1.165, 1.54) is 53.6 Å². The highest BCUT2D eigenvalue weighted by Gasteiger charge is 2.10. The minimum atomic E-state index is 1.16. The molecule has 0 radical (unpaired) electrons. The fourth-order valence-electron chi connectivity index (χ4n) is 3.43. The topological polar surface area (TPSA) is 12.0 Å². The molecule has 0 heterocycles. The van der Waals surface area contributed by atoms with Crippen LogP contribution in [0.5, 0.6) is 0 Å². The van der Waals surface area contributed by atoms with Gasteiger partial charge in [0.25, 0.3) is 0 Å². The Morgan fingerprint density at radius 2 is 1.39 bits per heavy atom. The van der Waals surface area contributed by atoms with E-state index < -0.39 is 0 Å².